The summed E-state index contributed by atoms with van der Waals surface area (Å²) in [7, 11) is 1.52. The van der Waals surface area contributed by atoms with Gasteiger partial charge in [0.05, 0.1) is 23.7 Å². The number of carbonyl (C=O) groups excluding carboxylic acids is 2. The van der Waals surface area contributed by atoms with E-state index in [4.69, 9.17) is 19.3 Å². The van der Waals surface area contributed by atoms with Crippen molar-refractivity contribution in [3.8, 4) is 11.5 Å². The number of piperazine rings is 1. The van der Waals surface area contributed by atoms with Crippen LogP contribution in [-0.4, -0.2) is 72.1 Å². The molecule has 0 unspecified atom stereocenters. The molecule has 1 N–H and O–H groups in total. The van der Waals surface area contributed by atoms with E-state index >= 15 is 4.39 Å². The molecule has 1 aliphatic heterocycles. The predicted molar refractivity (Wildman–Crippen MR) is 194 cm³/mol. The van der Waals surface area contributed by atoms with E-state index in [2.05, 4.69) is 39.3 Å². The number of aromatic nitrogens is 2. The topological polar surface area (TPSA) is 98.2 Å². The Hall–Kier alpha value is -4.94. The second-order valence-electron chi connectivity index (χ2n) is 15.7. The number of hydrogen-bond acceptors (Lipinski definition) is 7. The molecular weight excluding hydrogens is 687 g/mol. The molecular formula is C40H46F3N5O5. The fourth-order valence-electron chi connectivity index (χ4n) is 7.89. The molecule has 0 spiro atoms. The molecule has 53 heavy (non-hydrogen) atoms. The minimum Gasteiger partial charge on any atom is -0.497 e. The van der Waals surface area contributed by atoms with Crippen molar-refractivity contribution in [3.05, 3.63) is 83.3 Å². The number of rotatable bonds is 9. The molecule has 3 saturated carbocycles. The molecule has 3 aliphatic carbocycles. The predicted octanol–water partition coefficient (Wildman–Crippen LogP) is 7.58. The van der Waals surface area contributed by atoms with Gasteiger partial charge >= 0.3 is 6.09 Å². The van der Waals surface area contributed by atoms with E-state index in [0.29, 0.717) is 43.6 Å². The number of benzene rings is 3. The standard InChI is InChI=1S/C40H46F3N5O5/c1-38(2,3)53-37(50)47-19-17-46(18-20-47)28-8-7-27-23-48(45-32(27)21-28)40-14-11-39(12-15-40,13-16-40)25-44-36(49)30-22-31(41)35(34(43)33(30)42)52-24-26-5-9-29(51-4)10-6-26/h5-10,21-23H,11-20,24-25H2,1-4H3,(H,44,49). The molecule has 13 heteroatoms. The van der Waals surface area contributed by atoms with Crippen LogP contribution in [0.4, 0.5) is 23.7 Å². The second-order valence-corrected chi connectivity index (χ2v) is 15.7. The molecule has 10 nitrogen and oxygen atoms in total. The summed E-state index contributed by atoms with van der Waals surface area (Å²) >= 11 is 0. The zero-order valence-corrected chi connectivity index (χ0v) is 30.6. The van der Waals surface area contributed by atoms with Gasteiger partial charge in [-0.25, -0.2) is 13.6 Å². The summed E-state index contributed by atoms with van der Waals surface area (Å²) in [4.78, 5) is 29.6. The molecule has 0 radical (unpaired) electrons. The van der Waals surface area contributed by atoms with Crippen LogP contribution in [0.3, 0.4) is 0 Å². The number of ether oxygens (including phenoxy) is 3. The monoisotopic (exact) mass is 733 g/mol. The van der Waals surface area contributed by atoms with E-state index in [1.807, 2.05) is 20.8 Å². The Balaban J connectivity index is 0.946. The molecule has 282 valence electrons. The summed E-state index contributed by atoms with van der Waals surface area (Å²) in [6, 6.07) is 13.7. The maximum atomic E-state index is 15.1. The molecule has 8 rings (SSSR count). The first-order valence-electron chi connectivity index (χ1n) is 18.2. The molecule has 4 aliphatic rings. The van der Waals surface area contributed by atoms with Gasteiger partial charge in [0.1, 0.15) is 18.0 Å². The lowest BCUT2D eigenvalue weighted by Gasteiger charge is -2.53. The normalized spacial score (nSPS) is 21.5. The third-order valence-corrected chi connectivity index (χ3v) is 11.2. The Bertz CT molecular complexity index is 1980. The zero-order chi connectivity index (χ0) is 37.5. The van der Waals surface area contributed by atoms with Crippen LogP contribution < -0.4 is 19.7 Å². The van der Waals surface area contributed by atoms with E-state index in [1.165, 1.54) is 7.11 Å². The average Bonchev–Trinajstić information content (AvgIpc) is 3.60. The van der Waals surface area contributed by atoms with Crippen LogP contribution in [0.2, 0.25) is 0 Å². The van der Waals surface area contributed by atoms with Crippen molar-refractivity contribution >= 4 is 28.6 Å². The second kappa shape index (κ2) is 14.1. The number of amides is 2. The number of halogens is 3. The number of hydrogen-bond donors (Lipinski definition) is 1. The maximum Gasteiger partial charge on any atom is 0.410 e. The highest BCUT2D eigenvalue weighted by Crippen LogP contribution is 2.55. The summed E-state index contributed by atoms with van der Waals surface area (Å²) in [6.07, 6.45) is 6.95. The van der Waals surface area contributed by atoms with Crippen LogP contribution in [0.25, 0.3) is 10.9 Å². The first kappa shape index (κ1) is 36.4. The third kappa shape index (κ3) is 7.48. The number of nitrogens with one attached hydrogen (secondary N) is 1. The number of fused-ring (bicyclic) bond motifs is 4. The van der Waals surface area contributed by atoms with E-state index in [0.717, 1.165) is 55.1 Å². The Morgan fingerprint density at radius 2 is 1.57 bits per heavy atom. The summed E-state index contributed by atoms with van der Waals surface area (Å²) in [5.41, 5.74) is 1.05. The summed E-state index contributed by atoms with van der Waals surface area (Å²) in [6.45, 7) is 8.28. The lowest BCUT2D eigenvalue weighted by Crippen LogP contribution is -2.51. The molecule has 2 amide bonds. The van der Waals surface area contributed by atoms with Gasteiger partial charge in [-0.05, 0) is 107 Å². The fraction of sp³-hybridized carbons (Fsp3) is 0.475. The third-order valence-electron chi connectivity index (χ3n) is 11.2. The van der Waals surface area contributed by atoms with Crippen molar-refractivity contribution in [1.82, 2.24) is 20.0 Å². The van der Waals surface area contributed by atoms with Gasteiger partial charge < -0.3 is 29.3 Å². The molecule has 1 saturated heterocycles. The Morgan fingerprint density at radius 3 is 2.21 bits per heavy atom. The number of carbonyl (C=O) groups is 2. The zero-order valence-electron chi connectivity index (χ0n) is 30.6. The first-order chi connectivity index (χ1) is 25.3. The van der Waals surface area contributed by atoms with Gasteiger partial charge in [-0.3, -0.25) is 9.48 Å². The van der Waals surface area contributed by atoms with E-state index in [1.54, 1.807) is 29.2 Å². The van der Waals surface area contributed by atoms with Crippen LogP contribution in [0, 0.1) is 22.9 Å². The fourth-order valence-corrected chi connectivity index (χ4v) is 7.89. The summed E-state index contributed by atoms with van der Waals surface area (Å²) < 4.78 is 63.0. The SMILES string of the molecule is COc1ccc(COc2c(F)cc(C(=O)NCC34CCC(n5cc6ccc(N7CCN(C(=O)OC(C)(C)C)CC7)cc6n5)(CC3)CC4)c(F)c2F)cc1. The van der Waals surface area contributed by atoms with Crippen molar-refractivity contribution in [2.24, 2.45) is 5.41 Å². The number of methoxy groups -OCH3 is 1. The Kier molecular flexibility index (Phi) is 9.71. The molecule has 0 atom stereocenters. The van der Waals surface area contributed by atoms with E-state index < -0.39 is 40.3 Å². The van der Waals surface area contributed by atoms with E-state index in [-0.39, 0.29) is 30.2 Å². The lowest BCUT2D eigenvalue weighted by molar-refractivity contribution is -0.00564. The molecule has 1 aromatic heterocycles. The van der Waals surface area contributed by atoms with Gasteiger partial charge in [0.2, 0.25) is 5.82 Å². The summed E-state index contributed by atoms with van der Waals surface area (Å²) in [5, 5.41) is 8.89. The Labute approximate surface area is 307 Å². The van der Waals surface area contributed by atoms with E-state index in [9.17, 15) is 18.4 Å². The van der Waals surface area contributed by atoms with Crippen molar-refractivity contribution in [2.75, 3.05) is 44.7 Å². The van der Waals surface area contributed by atoms with Gasteiger partial charge in [-0.1, -0.05) is 12.1 Å². The molecule has 2 bridgehead atoms. The number of anilines is 1. The molecule has 3 aromatic carbocycles. The van der Waals surface area contributed by atoms with Crippen LogP contribution in [0.15, 0.2) is 54.7 Å². The summed E-state index contributed by atoms with van der Waals surface area (Å²) in [5.74, 6) is -5.26. The maximum absolute atomic E-state index is 15.1. The minimum atomic E-state index is -1.54. The molecule has 4 aromatic rings. The van der Waals surface area contributed by atoms with Crippen LogP contribution in [0.5, 0.6) is 11.5 Å². The minimum absolute atomic E-state index is 0.135. The van der Waals surface area contributed by atoms with Crippen molar-refractivity contribution in [1.29, 1.82) is 0 Å². The smallest absolute Gasteiger partial charge is 0.410 e. The first-order valence-corrected chi connectivity index (χ1v) is 18.2. The highest BCUT2D eigenvalue weighted by molar-refractivity contribution is 5.94. The van der Waals surface area contributed by atoms with Gasteiger partial charge in [0, 0.05) is 50.0 Å². The van der Waals surface area contributed by atoms with Crippen molar-refractivity contribution in [2.45, 2.75) is 77.0 Å². The highest BCUT2D eigenvalue weighted by Gasteiger charge is 2.50. The number of nitrogens with zero attached hydrogens (tertiary/aromatic N) is 4. The van der Waals surface area contributed by atoms with Gasteiger partial charge in [0.15, 0.2) is 17.4 Å². The van der Waals surface area contributed by atoms with Crippen LogP contribution >= 0.6 is 0 Å². The van der Waals surface area contributed by atoms with Gasteiger partial charge in [-0.15, -0.1) is 0 Å². The quantitative estimate of drug-likeness (QED) is 0.177. The van der Waals surface area contributed by atoms with Gasteiger partial charge in [0.25, 0.3) is 5.91 Å². The lowest BCUT2D eigenvalue weighted by atomic mass is 9.57. The largest absolute Gasteiger partial charge is 0.497 e. The Morgan fingerprint density at radius 1 is 0.887 bits per heavy atom. The molecule has 2 heterocycles. The van der Waals surface area contributed by atoms with Crippen molar-refractivity contribution < 1.29 is 37.0 Å². The van der Waals surface area contributed by atoms with Gasteiger partial charge in [-0.2, -0.15) is 9.49 Å². The van der Waals surface area contributed by atoms with Crippen LogP contribution in [-0.2, 0) is 16.9 Å². The molecule has 4 fully saturated rings. The van der Waals surface area contributed by atoms with Crippen molar-refractivity contribution in [3.63, 3.8) is 0 Å². The average molecular weight is 734 g/mol. The van der Waals surface area contributed by atoms with Crippen LogP contribution in [0.1, 0.15) is 75.2 Å². The highest BCUT2D eigenvalue weighted by atomic mass is 19.2.